The minimum atomic E-state index is -3.58. The maximum Gasteiger partial charge on any atom is 0.261 e. The number of hydrogen-bond donors (Lipinski definition) is 2. The Balaban J connectivity index is 1.89. The first-order valence-electron chi connectivity index (χ1n) is 6.70. The van der Waals surface area contributed by atoms with Crippen LogP contribution in [0.5, 0.6) is 0 Å². The molecule has 2 N–H and O–H groups in total. The van der Waals surface area contributed by atoms with E-state index in [0.29, 0.717) is 10.7 Å². The Morgan fingerprint density at radius 3 is 2.62 bits per heavy atom. The smallest absolute Gasteiger partial charge is 0.261 e. The molecule has 21 heavy (non-hydrogen) atoms. The molecule has 0 unspecified atom stereocenters. The summed E-state index contributed by atoms with van der Waals surface area (Å²) in [6.07, 6.45) is 1.91. The summed E-state index contributed by atoms with van der Waals surface area (Å²) in [6.45, 7) is 0.933. The first kappa shape index (κ1) is 14.2. The summed E-state index contributed by atoms with van der Waals surface area (Å²) in [6, 6.07) is 11.8. The summed E-state index contributed by atoms with van der Waals surface area (Å²) >= 11 is 5.80. The van der Waals surface area contributed by atoms with Crippen LogP contribution < -0.4 is 10.0 Å². The summed E-state index contributed by atoms with van der Waals surface area (Å²) in [5.41, 5.74) is 2.56. The highest BCUT2D eigenvalue weighted by atomic mass is 35.5. The molecule has 2 aromatic carbocycles. The second-order valence-electron chi connectivity index (χ2n) is 4.96. The van der Waals surface area contributed by atoms with Crippen LogP contribution in [0, 0.1) is 0 Å². The van der Waals surface area contributed by atoms with Crippen LogP contribution in [0.15, 0.2) is 47.4 Å². The predicted molar refractivity (Wildman–Crippen MR) is 85.5 cm³/mol. The molecule has 1 aliphatic rings. The second kappa shape index (κ2) is 5.58. The van der Waals surface area contributed by atoms with Gasteiger partial charge in [-0.1, -0.05) is 11.6 Å². The Bertz CT molecular complexity index is 758. The maximum atomic E-state index is 12.4. The molecule has 0 aromatic heterocycles. The third-order valence-electron chi connectivity index (χ3n) is 3.42. The molecule has 0 bridgehead atoms. The molecule has 0 radical (unpaired) electrons. The quantitative estimate of drug-likeness (QED) is 0.909. The van der Waals surface area contributed by atoms with Gasteiger partial charge in [0.1, 0.15) is 0 Å². The van der Waals surface area contributed by atoms with Crippen molar-refractivity contribution in [2.24, 2.45) is 0 Å². The van der Waals surface area contributed by atoms with Crippen molar-refractivity contribution in [1.29, 1.82) is 0 Å². The summed E-state index contributed by atoms with van der Waals surface area (Å²) in [5.74, 6) is 0. The van der Waals surface area contributed by atoms with Gasteiger partial charge in [0.05, 0.1) is 4.90 Å². The molecule has 2 aromatic rings. The van der Waals surface area contributed by atoms with Crippen LogP contribution in [0.3, 0.4) is 0 Å². The van der Waals surface area contributed by atoms with Crippen LogP contribution in [0.2, 0.25) is 5.02 Å². The lowest BCUT2D eigenvalue weighted by molar-refractivity contribution is 0.601. The predicted octanol–water partition coefficient (Wildman–Crippen LogP) is 3.50. The van der Waals surface area contributed by atoms with E-state index >= 15 is 0 Å². The monoisotopic (exact) mass is 322 g/mol. The van der Waals surface area contributed by atoms with Crippen molar-refractivity contribution in [1.82, 2.24) is 0 Å². The van der Waals surface area contributed by atoms with Crippen LogP contribution >= 0.6 is 11.6 Å². The molecule has 1 aliphatic heterocycles. The van der Waals surface area contributed by atoms with E-state index in [-0.39, 0.29) is 4.90 Å². The molecule has 0 spiro atoms. The Hall–Kier alpha value is -1.72. The van der Waals surface area contributed by atoms with Crippen LogP contribution in [-0.2, 0) is 16.4 Å². The van der Waals surface area contributed by atoms with Gasteiger partial charge in [0, 0.05) is 22.9 Å². The lowest BCUT2D eigenvalue weighted by atomic mass is 10.0. The summed E-state index contributed by atoms with van der Waals surface area (Å²) in [7, 11) is -3.58. The summed E-state index contributed by atoms with van der Waals surface area (Å²) in [4.78, 5) is 0.278. The molecular weight excluding hydrogens is 308 g/mol. The van der Waals surface area contributed by atoms with Gasteiger partial charge >= 0.3 is 0 Å². The Kier molecular flexibility index (Phi) is 3.78. The van der Waals surface area contributed by atoms with Crippen LogP contribution in [0.4, 0.5) is 11.4 Å². The van der Waals surface area contributed by atoms with Crippen LogP contribution in [0.25, 0.3) is 0 Å². The molecule has 3 rings (SSSR count). The average molecular weight is 323 g/mol. The molecule has 0 aliphatic carbocycles. The number of nitrogens with one attached hydrogen (secondary N) is 2. The minimum absolute atomic E-state index is 0.278. The second-order valence-corrected chi connectivity index (χ2v) is 7.08. The van der Waals surface area contributed by atoms with E-state index in [1.54, 1.807) is 36.4 Å². The van der Waals surface area contributed by atoms with Gasteiger partial charge in [0.2, 0.25) is 0 Å². The first-order chi connectivity index (χ1) is 10.0. The van der Waals surface area contributed by atoms with Crippen molar-refractivity contribution in [2.45, 2.75) is 17.7 Å². The lowest BCUT2D eigenvalue weighted by Crippen LogP contribution is -2.16. The van der Waals surface area contributed by atoms with Gasteiger partial charge in [0.25, 0.3) is 10.0 Å². The molecule has 0 amide bonds. The Morgan fingerprint density at radius 1 is 1.10 bits per heavy atom. The van der Waals surface area contributed by atoms with Crippen LogP contribution in [-0.4, -0.2) is 15.0 Å². The minimum Gasteiger partial charge on any atom is -0.385 e. The van der Waals surface area contributed by atoms with E-state index in [1.165, 1.54) is 0 Å². The molecule has 1 heterocycles. The molecule has 0 atom stereocenters. The zero-order valence-corrected chi connectivity index (χ0v) is 12.8. The van der Waals surface area contributed by atoms with Gasteiger partial charge in [-0.15, -0.1) is 0 Å². The standard InChI is InChI=1S/C15H15ClN2O2S/c16-12-3-5-13(6-4-12)18-21(19,20)14-7-8-15-11(10-14)2-1-9-17-15/h3-8,10,17-18H,1-2,9H2. The van der Waals surface area contributed by atoms with Crippen molar-refractivity contribution in [2.75, 3.05) is 16.6 Å². The van der Waals surface area contributed by atoms with E-state index in [1.807, 2.05) is 6.07 Å². The van der Waals surface area contributed by atoms with Gasteiger partial charge < -0.3 is 5.32 Å². The zero-order chi connectivity index (χ0) is 14.9. The molecule has 0 saturated heterocycles. The normalized spacial score (nSPS) is 14.1. The molecule has 0 fully saturated rings. The summed E-state index contributed by atoms with van der Waals surface area (Å²) in [5, 5.41) is 3.83. The number of sulfonamides is 1. The third-order valence-corrected chi connectivity index (χ3v) is 5.05. The first-order valence-corrected chi connectivity index (χ1v) is 8.56. The van der Waals surface area contributed by atoms with E-state index in [0.717, 1.165) is 30.6 Å². The molecule has 110 valence electrons. The van der Waals surface area contributed by atoms with Crippen molar-refractivity contribution in [3.05, 3.63) is 53.1 Å². The fourth-order valence-electron chi connectivity index (χ4n) is 2.35. The lowest BCUT2D eigenvalue weighted by Gasteiger charge is -2.18. The Labute approximate surface area is 129 Å². The van der Waals surface area contributed by atoms with Crippen molar-refractivity contribution < 1.29 is 8.42 Å². The van der Waals surface area contributed by atoms with E-state index in [9.17, 15) is 8.42 Å². The largest absolute Gasteiger partial charge is 0.385 e. The third kappa shape index (κ3) is 3.14. The van der Waals surface area contributed by atoms with E-state index < -0.39 is 10.0 Å². The highest BCUT2D eigenvalue weighted by Crippen LogP contribution is 2.26. The topological polar surface area (TPSA) is 58.2 Å². The SMILES string of the molecule is O=S(=O)(Nc1ccc(Cl)cc1)c1ccc2c(c1)CCCN2. The zero-order valence-electron chi connectivity index (χ0n) is 11.3. The number of hydrogen-bond acceptors (Lipinski definition) is 3. The number of anilines is 2. The Morgan fingerprint density at radius 2 is 1.86 bits per heavy atom. The number of halogens is 1. The molecule has 6 heteroatoms. The number of benzene rings is 2. The van der Waals surface area contributed by atoms with Gasteiger partial charge in [-0.3, -0.25) is 4.72 Å². The fourth-order valence-corrected chi connectivity index (χ4v) is 3.59. The van der Waals surface area contributed by atoms with Gasteiger partial charge in [0.15, 0.2) is 0 Å². The molecular formula is C15H15ClN2O2S. The highest BCUT2D eigenvalue weighted by molar-refractivity contribution is 7.92. The fraction of sp³-hybridized carbons (Fsp3) is 0.200. The number of rotatable bonds is 3. The van der Waals surface area contributed by atoms with Crippen molar-refractivity contribution >= 4 is 33.0 Å². The van der Waals surface area contributed by atoms with Crippen molar-refractivity contribution in [3.63, 3.8) is 0 Å². The highest BCUT2D eigenvalue weighted by Gasteiger charge is 2.17. The van der Waals surface area contributed by atoms with Gasteiger partial charge in [-0.2, -0.15) is 0 Å². The summed E-state index contributed by atoms with van der Waals surface area (Å²) < 4.78 is 27.4. The average Bonchev–Trinajstić information content (AvgIpc) is 2.49. The van der Waals surface area contributed by atoms with Crippen LogP contribution in [0.1, 0.15) is 12.0 Å². The molecule has 4 nitrogen and oxygen atoms in total. The van der Waals surface area contributed by atoms with Crippen molar-refractivity contribution in [3.8, 4) is 0 Å². The molecule has 0 saturated carbocycles. The maximum absolute atomic E-state index is 12.4. The number of aryl methyl sites for hydroxylation is 1. The van der Waals surface area contributed by atoms with Gasteiger partial charge in [-0.05, 0) is 60.9 Å². The van der Waals surface area contributed by atoms with E-state index in [2.05, 4.69) is 10.0 Å². The number of fused-ring (bicyclic) bond motifs is 1. The van der Waals surface area contributed by atoms with Gasteiger partial charge in [-0.25, -0.2) is 8.42 Å². The van der Waals surface area contributed by atoms with E-state index in [4.69, 9.17) is 11.6 Å².